The summed E-state index contributed by atoms with van der Waals surface area (Å²) in [5, 5.41) is 16.0. The summed E-state index contributed by atoms with van der Waals surface area (Å²) in [6, 6.07) is 20.3. The highest BCUT2D eigenvalue weighted by molar-refractivity contribution is 9.10. The number of phenolic OH excluding ortho intramolecular Hbond substituents is 1. The van der Waals surface area contributed by atoms with Gasteiger partial charge in [0.1, 0.15) is 30.0 Å². The third kappa shape index (κ3) is 6.85. The van der Waals surface area contributed by atoms with E-state index in [4.69, 9.17) is 9.47 Å². The fourth-order valence-corrected chi connectivity index (χ4v) is 3.90. The van der Waals surface area contributed by atoms with Crippen molar-refractivity contribution in [3.8, 4) is 17.2 Å². The van der Waals surface area contributed by atoms with Gasteiger partial charge in [0.25, 0.3) is 0 Å². The Morgan fingerprint density at radius 3 is 2.68 bits per heavy atom. The highest BCUT2D eigenvalue weighted by Crippen LogP contribution is 2.26. The van der Waals surface area contributed by atoms with Crippen LogP contribution in [0.5, 0.6) is 17.2 Å². The number of para-hydroxylation sites is 1. The van der Waals surface area contributed by atoms with Gasteiger partial charge in [-0.1, -0.05) is 30.3 Å². The lowest BCUT2D eigenvalue weighted by Crippen LogP contribution is -2.34. The number of piperidine rings is 1. The molecule has 0 saturated carbocycles. The Morgan fingerprint density at radius 1 is 1.06 bits per heavy atom. The summed E-state index contributed by atoms with van der Waals surface area (Å²) < 4.78 is 12.7. The number of aromatic hydroxyl groups is 1. The number of anilines is 1. The molecule has 0 aliphatic carbocycles. The van der Waals surface area contributed by atoms with Crippen LogP contribution < -0.4 is 20.1 Å². The highest BCUT2D eigenvalue weighted by atomic mass is 79.9. The number of carbonyl (C=O) groups is 1. The summed E-state index contributed by atoms with van der Waals surface area (Å²) in [5.41, 5.74) is 2.26. The van der Waals surface area contributed by atoms with Crippen molar-refractivity contribution in [2.24, 2.45) is 0 Å². The topological polar surface area (TPSA) is 79.8 Å². The second-order valence-corrected chi connectivity index (χ2v) is 8.88. The van der Waals surface area contributed by atoms with Crippen LogP contribution in [0.3, 0.4) is 0 Å². The number of ether oxygens (including phenoxy) is 2. The van der Waals surface area contributed by atoms with Crippen LogP contribution in [0.15, 0.2) is 77.3 Å². The van der Waals surface area contributed by atoms with Crippen molar-refractivity contribution in [3.63, 3.8) is 0 Å². The molecule has 1 fully saturated rings. The maximum atomic E-state index is 12.5. The Morgan fingerprint density at radius 2 is 1.85 bits per heavy atom. The van der Waals surface area contributed by atoms with Crippen LogP contribution in [-0.4, -0.2) is 30.2 Å². The normalized spacial score (nSPS) is 14.1. The molecular formula is C27H27BrN2O4. The molecule has 0 aromatic heterocycles. The number of phenols is 1. The molecule has 3 aromatic carbocycles. The molecule has 1 saturated heterocycles. The first kappa shape index (κ1) is 23.9. The quantitative estimate of drug-likeness (QED) is 0.339. The van der Waals surface area contributed by atoms with Crippen molar-refractivity contribution in [1.82, 2.24) is 5.32 Å². The van der Waals surface area contributed by atoms with Gasteiger partial charge in [0.15, 0.2) is 0 Å². The van der Waals surface area contributed by atoms with Gasteiger partial charge in [-0.2, -0.15) is 0 Å². The molecule has 0 spiro atoms. The van der Waals surface area contributed by atoms with Gasteiger partial charge in [0.2, 0.25) is 5.91 Å². The second-order valence-electron chi connectivity index (χ2n) is 8.02. The number of halogens is 1. The first-order valence-electron chi connectivity index (χ1n) is 11.2. The van der Waals surface area contributed by atoms with E-state index in [1.54, 1.807) is 24.3 Å². The molecule has 0 unspecified atom stereocenters. The van der Waals surface area contributed by atoms with Crippen LogP contribution in [0.2, 0.25) is 0 Å². The van der Waals surface area contributed by atoms with E-state index in [0.29, 0.717) is 22.5 Å². The summed E-state index contributed by atoms with van der Waals surface area (Å²) in [6.07, 6.45) is 5.29. The molecule has 1 heterocycles. The van der Waals surface area contributed by atoms with Gasteiger partial charge in [-0.05, 0) is 83.8 Å². The molecule has 4 rings (SSSR count). The van der Waals surface area contributed by atoms with Crippen LogP contribution in [0.1, 0.15) is 24.0 Å². The zero-order valence-electron chi connectivity index (χ0n) is 18.7. The molecule has 3 N–H and O–H groups in total. The molecule has 6 nitrogen and oxygen atoms in total. The monoisotopic (exact) mass is 522 g/mol. The van der Waals surface area contributed by atoms with Gasteiger partial charge >= 0.3 is 0 Å². The number of carbonyl (C=O) groups excluding carboxylic acids is 1. The number of rotatable bonds is 8. The van der Waals surface area contributed by atoms with Gasteiger partial charge < -0.3 is 25.2 Å². The van der Waals surface area contributed by atoms with Crippen LogP contribution in [0, 0.1) is 0 Å². The summed E-state index contributed by atoms with van der Waals surface area (Å²) >= 11 is 3.24. The van der Waals surface area contributed by atoms with Crippen LogP contribution >= 0.6 is 15.9 Å². The van der Waals surface area contributed by atoms with Gasteiger partial charge in [-0.25, -0.2) is 0 Å². The molecular weight excluding hydrogens is 496 g/mol. The van der Waals surface area contributed by atoms with Gasteiger partial charge in [-0.3, -0.25) is 4.79 Å². The van der Waals surface area contributed by atoms with E-state index in [1.807, 2.05) is 48.5 Å². The SMILES string of the molecule is O=C(/C=C/c1ccc(Br)c(O)c1)Nc1ccccc1COc1cccc(OC2CCNCC2)c1. The fraction of sp³-hybridized carbons (Fsp3) is 0.222. The lowest BCUT2D eigenvalue weighted by Gasteiger charge is -2.24. The molecule has 0 atom stereocenters. The lowest BCUT2D eigenvalue weighted by atomic mass is 10.1. The summed E-state index contributed by atoms with van der Waals surface area (Å²) in [6.45, 7) is 2.26. The Bertz CT molecular complexity index is 1160. The Labute approximate surface area is 207 Å². The minimum absolute atomic E-state index is 0.121. The maximum absolute atomic E-state index is 12.5. The van der Waals surface area contributed by atoms with Crippen LogP contribution in [0.4, 0.5) is 5.69 Å². The minimum atomic E-state index is -0.271. The molecule has 1 aliphatic heterocycles. The zero-order valence-corrected chi connectivity index (χ0v) is 20.3. The fourth-order valence-electron chi connectivity index (χ4n) is 3.65. The molecule has 1 aliphatic rings. The van der Waals surface area contributed by atoms with E-state index in [9.17, 15) is 9.90 Å². The van der Waals surface area contributed by atoms with Crippen LogP contribution in [-0.2, 0) is 11.4 Å². The summed E-state index contributed by atoms with van der Waals surface area (Å²) in [7, 11) is 0. The van der Waals surface area contributed by atoms with E-state index in [1.165, 1.54) is 6.08 Å². The molecule has 7 heteroatoms. The molecule has 176 valence electrons. The maximum Gasteiger partial charge on any atom is 0.248 e. The Balaban J connectivity index is 1.36. The minimum Gasteiger partial charge on any atom is -0.507 e. The average molecular weight is 523 g/mol. The number of amides is 1. The van der Waals surface area contributed by atoms with Gasteiger partial charge in [-0.15, -0.1) is 0 Å². The standard InChI is InChI=1S/C27H27BrN2O4/c28-24-10-8-19(16-26(24)31)9-11-27(32)30-25-7-2-1-4-20(25)18-33-22-5-3-6-23(17-22)34-21-12-14-29-15-13-21/h1-11,16-17,21,29,31H,12-15,18H2,(H,30,32)/b11-9+. The Kier molecular flexibility index (Phi) is 8.22. The second kappa shape index (κ2) is 11.7. The summed E-state index contributed by atoms with van der Waals surface area (Å²) in [4.78, 5) is 12.5. The van der Waals surface area contributed by atoms with Crippen molar-refractivity contribution in [1.29, 1.82) is 0 Å². The first-order valence-corrected chi connectivity index (χ1v) is 12.0. The van der Waals surface area contributed by atoms with E-state index < -0.39 is 0 Å². The smallest absolute Gasteiger partial charge is 0.248 e. The molecule has 0 radical (unpaired) electrons. The van der Waals surface area contributed by atoms with Crippen molar-refractivity contribution in [3.05, 3.63) is 88.4 Å². The largest absolute Gasteiger partial charge is 0.507 e. The lowest BCUT2D eigenvalue weighted by molar-refractivity contribution is -0.111. The molecule has 34 heavy (non-hydrogen) atoms. The van der Waals surface area contributed by atoms with E-state index in [2.05, 4.69) is 26.6 Å². The molecule has 3 aromatic rings. The zero-order chi connectivity index (χ0) is 23.8. The number of hydrogen-bond donors (Lipinski definition) is 3. The highest BCUT2D eigenvalue weighted by Gasteiger charge is 2.14. The van der Waals surface area contributed by atoms with Crippen molar-refractivity contribution >= 4 is 33.6 Å². The molecule has 1 amide bonds. The molecule has 0 bridgehead atoms. The van der Waals surface area contributed by atoms with E-state index in [-0.39, 0.29) is 17.8 Å². The van der Waals surface area contributed by atoms with Gasteiger partial charge in [0, 0.05) is 23.4 Å². The van der Waals surface area contributed by atoms with Crippen molar-refractivity contribution < 1.29 is 19.4 Å². The third-order valence-electron chi connectivity index (χ3n) is 5.46. The predicted octanol–water partition coefficient (Wildman–Crippen LogP) is 5.52. The summed E-state index contributed by atoms with van der Waals surface area (Å²) in [5.74, 6) is 1.36. The first-order chi connectivity index (χ1) is 16.6. The number of nitrogens with one attached hydrogen (secondary N) is 2. The predicted molar refractivity (Wildman–Crippen MR) is 137 cm³/mol. The van der Waals surface area contributed by atoms with Crippen molar-refractivity contribution in [2.75, 3.05) is 18.4 Å². The van der Waals surface area contributed by atoms with Crippen LogP contribution in [0.25, 0.3) is 6.08 Å². The number of benzene rings is 3. The number of hydrogen-bond acceptors (Lipinski definition) is 5. The van der Waals surface area contributed by atoms with E-state index in [0.717, 1.165) is 42.8 Å². The Hall–Kier alpha value is -3.29. The third-order valence-corrected chi connectivity index (χ3v) is 6.13. The average Bonchev–Trinajstić information content (AvgIpc) is 2.85. The van der Waals surface area contributed by atoms with E-state index >= 15 is 0 Å². The van der Waals surface area contributed by atoms with Gasteiger partial charge in [0.05, 0.1) is 4.47 Å². The van der Waals surface area contributed by atoms with Crippen molar-refractivity contribution in [2.45, 2.75) is 25.6 Å².